The van der Waals surface area contributed by atoms with Crippen LogP contribution in [0.5, 0.6) is 0 Å². The first-order valence-electron chi connectivity index (χ1n) is 6.78. The number of hydrogen-bond acceptors (Lipinski definition) is 5. The number of fused-ring (bicyclic) bond motifs is 1. The smallest absolute Gasteiger partial charge is 0.180 e. The van der Waals surface area contributed by atoms with E-state index in [9.17, 15) is 0 Å². The lowest BCUT2D eigenvalue weighted by molar-refractivity contribution is 0.0904. The average Bonchev–Trinajstić information content (AvgIpc) is 2.89. The van der Waals surface area contributed by atoms with Crippen molar-refractivity contribution in [2.45, 2.75) is 25.8 Å². The lowest BCUT2D eigenvalue weighted by atomic mass is 10.1. The summed E-state index contributed by atoms with van der Waals surface area (Å²) >= 11 is 0. The quantitative estimate of drug-likeness (QED) is 0.878. The maximum absolute atomic E-state index is 5.38. The SMILES string of the molecule is CCNc1cn2ccnc2c(NC2CCOCC2)n1. The highest BCUT2D eigenvalue weighted by atomic mass is 16.5. The Balaban J connectivity index is 1.88. The number of imidazole rings is 1. The number of ether oxygens (including phenoxy) is 1. The van der Waals surface area contributed by atoms with Gasteiger partial charge >= 0.3 is 0 Å². The first-order chi connectivity index (χ1) is 9.36. The maximum atomic E-state index is 5.38. The molecule has 3 heterocycles. The van der Waals surface area contributed by atoms with Crippen LogP contribution in [0.3, 0.4) is 0 Å². The number of anilines is 2. The molecule has 3 rings (SSSR count). The third-order valence-electron chi connectivity index (χ3n) is 3.29. The van der Waals surface area contributed by atoms with Crippen LogP contribution in [0.25, 0.3) is 5.65 Å². The third-order valence-corrected chi connectivity index (χ3v) is 3.29. The molecule has 2 N–H and O–H groups in total. The fourth-order valence-corrected chi connectivity index (χ4v) is 2.33. The van der Waals surface area contributed by atoms with E-state index in [0.29, 0.717) is 6.04 Å². The summed E-state index contributed by atoms with van der Waals surface area (Å²) in [5.41, 5.74) is 0.869. The van der Waals surface area contributed by atoms with Gasteiger partial charge in [-0.15, -0.1) is 0 Å². The van der Waals surface area contributed by atoms with E-state index in [2.05, 4.69) is 27.5 Å². The zero-order valence-electron chi connectivity index (χ0n) is 11.1. The van der Waals surface area contributed by atoms with E-state index >= 15 is 0 Å². The van der Waals surface area contributed by atoms with Crippen molar-refractivity contribution >= 4 is 17.3 Å². The molecule has 2 aromatic heterocycles. The molecule has 0 bridgehead atoms. The summed E-state index contributed by atoms with van der Waals surface area (Å²) in [6.45, 7) is 4.54. The summed E-state index contributed by atoms with van der Waals surface area (Å²) in [5, 5.41) is 6.74. The molecule has 0 atom stereocenters. The maximum Gasteiger partial charge on any atom is 0.180 e. The molecular formula is C13H19N5O. The van der Waals surface area contributed by atoms with Gasteiger partial charge in [-0.25, -0.2) is 9.97 Å². The van der Waals surface area contributed by atoms with E-state index in [4.69, 9.17) is 4.74 Å². The molecule has 6 nitrogen and oxygen atoms in total. The Morgan fingerprint density at radius 2 is 2.26 bits per heavy atom. The van der Waals surface area contributed by atoms with Crippen LogP contribution in [0.1, 0.15) is 19.8 Å². The molecule has 1 aliphatic rings. The summed E-state index contributed by atoms with van der Waals surface area (Å²) in [6, 6.07) is 0.415. The van der Waals surface area contributed by atoms with E-state index < -0.39 is 0 Å². The Hall–Kier alpha value is -1.82. The molecule has 0 unspecified atom stereocenters. The van der Waals surface area contributed by atoms with Gasteiger partial charge in [-0.3, -0.25) is 0 Å². The zero-order valence-corrected chi connectivity index (χ0v) is 11.1. The van der Waals surface area contributed by atoms with Gasteiger partial charge in [-0.2, -0.15) is 0 Å². The van der Waals surface area contributed by atoms with Crippen LogP contribution in [0, 0.1) is 0 Å². The highest BCUT2D eigenvalue weighted by Crippen LogP contribution is 2.19. The van der Waals surface area contributed by atoms with Gasteiger partial charge in [0.2, 0.25) is 0 Å². The monoisotopic (exact) mass is 261 g/mol. The van der Waals surface area contributed by atoms with Gasteiger partial charge in [-0.1, -0.05) is 0 Å². The first-order valence-corrected chi connectivity index (χ1v) is 6.78. The van der Waals surface area contributed by atoms with E-state index in [1.54, 1.807) is 6.20 Å². The van der Waals surface area contributed by atoms with Crippen molar-refractivity contribution in [3.05, 3.63) is 18.6 Å². The van der Waals surface area contributed by atoms with E-state index in [-0.39, 0.29) is 0 Å². The number of aromatic nitrogens is 3. The fourth-order valence-electron chi connectivity index (χ4n) is 2.33. The Kier molecular flexibility index (Phi) is 3.50. The standard InChI is InChI=1S/C13H19N5O/c1-2-14-11-9-18-6-5-15-13(18)12(17-11)16-10-3-7-19-8-4-10/h5-6,9-10,14H,2-4,7-8H2,1H3,(H,16,17). The van der Waals surface area contributed by atoms with Crippen molar-refractivity contribution in [3.63, 3.8) is 0 Å². The summed E-state index contributed by atoms with van der Waals surface area (Å²) in [6.07, 6.45) is 7.72. The van der Waals surface area contributed by atoms with Gasteiger partial charge in [-0.05, 0) is 19.8 Å². The third kappa shape index (κ3) is 2.63. The van der Waals surface area contributed by atoms with Crippen molar-refractivity contribution in [2.75, 3.05) is 30.4 Å². The van der Waals surface area contributed by atoms with Crippen molar-refractivity contribution in [2.24, 2.45) is 0 Å². The molecule has 0 aromatic carbocycles. The van der Waals surface area contributed by atoms with Crippen molar-refractivity contribution in [1.82, 2.24) is 14.4 Å². The van der Waals surface area contributed by atoms with Gasteiger partial charge in [0.15, 0.2) is 11.5 Å². The minimum Gasteiger partial charge on any atom is -0.381 e. The van der Waals surface area contributed by atoms with Crippen LogP contribution < -0.4 is 10.6 Å². The molecular weight excluding hydrogens is 242 g/mol. The highest BCUT2D eigenvalue weighted by molar-refractivity contribution is 5.65. The van der Waals surface area contributed by atoms with E-state index in [1.165, 1.54) is 0 Å². The molecule has 6 heteroatoms. The van der Waals surface area contributed by atoms with Crippen LogP contribution in [-0.4, -0.2) is 40.2 Å². The second-order valence-corrected chi connectivity index (χ2v) is 4.69. The van der Waals surface area contributed by atoms with Crippen molar-refractivity contribution in [3.8, 4) is 0 Å². The van der Waals surface area contributed by atoms with Crippen LogP contribution in [-0.2, 0) is 4.74 Å². The summed E-state index contributed by atoms with van der Waals surface area (Å²) in [4.78, 5) is 8.97. The number of nitrogens with one attached hydrogen (secondary N) is 2. The van der Waals surface area contributed by atoms with Crippen LogP contribution in [0.2, 0.25) is 0 Å². The van der Waals surface area contributed by atoms with Crippen molar-refractivity contribution in [1.29, 1.82) is 0 Å². The van der Waals surface area contributed by atoms with E-state index in [1.807, 2.05) is 16.8 Å². The highest BCUT2D eigenvalue weighted by Gasteiger charge is 2.16. The molecule has 0 saturated carbocycles. The van der Waals surface area contributed by atoms with Gasteiger partial charge in [0.05, 0.1) is 6.20 Å². The van der Waals surface area contributed by atoms with Gasteiger partial charge < -0.3 is 19.8 Å². The number of hydrogen-bond donors (Lipinski definition) is 2. The van der Waals surface area contributed by atoms with Crippen molar-refractivity contribution < 1.29 is 4.74 Å². The Bertz CT molecular complexity index is 547. The minimum atomic E-state index is 0.415. The predicted molar refractivity (Wildman–Crippen MR) is 74.6 cm³/mol. The average molecular weight is 261 g/mol. The molecule has 2 aromatic rings. The lowest BCUT2D eigenvalue weighted by Gasteiger charge is -2.24. The predicted octanol–water partition coefficient (Wildman–Crippen LogP) is 1.75. The Labute approximate surface area is 112 Å². The Morgan fingerprint density at radius 1 is 1.42 bits per heavy atom. The molecule has 1 fully saturated rings. The minimum absolute atomic E-state index is 0.415. The lowest BCUT2D eigenvalue weighted by Crippen LogP contribution is -2.28. The fraction of sp³-hybridized carbons (Fsp3) is 0.538. The van der Waals surface area contributed by atoms with E-state index in [0.717, 1.165) is 49.9 Å². The first kappa shape index (κ1) is 12.2. The molecule has 0 amide bonds. The summed E-state index contributed by atoms with van der Waals surface area (Å²) in [7, 11) is 0. The largest absolute Gasteiger partial charge is 0.381 e. The molecule has 0 radical (unpaired) electrons. The summed E-state index contributed by atoms with van der Waals surface area (Å²) in [5.74, 6) is 1.71. The molecule has 1 saturated heterocycles. The second-order valence-electron chi connectivity index (χ2n) is 4.69. The normalized spacial score (nSPS) is 16.7. The van der Waals surface area contributed by atoms with Crippen LogP contribution >= 0.6 is 0 Å². The molecule has 1 aliphatic heterocycles. The molecule has 19 heavy (non-hydrogen) atoms. The van der Waals surface area contributed by atoms with Crippen LogP contribution in [0.15, 0.2) is 18.6 Å². The zero-order chi connectivity index (χ0) is 13.1. The van der Waals surface area contributed by atoms with Gasteiger partial charge in [0, 0.05) is 38.2 Å². The summed E-state index contributed by atoms with van der Waals surface area (Å²) < 4.78 is 7.37. The number of nitrogens with zero attached hydrogens (tertiary/aromatic N) is 3. The van der Waals surface area contributed by atoms with Gasteiger partial charge in [0.1, 0.15) is 5.82 Å². The second kappa shape index (κ2) is 5.44. The molecule has 102 valence electrons. The molecule has 0 spiro atoms. The Morgan fingerprint density at radius 3 is 3.05 bits per heavy atom. The number of rotatable bonds is 4. The topological polar surface area (TPSA) is 63.5 Å². The molecule has 0 aliphatic carbocycles. The van der Waals surface area contributed by atoms with Crippen LogP contribution in [0.4, 0.5) is 11.6 Å². The van der Waals surface area contributed by atoms with Gasteiger partial charge in [0.25, 0.3) is 0 Å².